The second kappa shape index (κ2) is 8.72. The van der Waals surface area contributed by atoms with Crippen molar-refractivity contribution in [3.63, 3.8) is 0 Å². The van der Waals surface area contributed by atoms with Crippen LogP contribution in [0.3, 0.4) is 0 Å². The molecule has 7 heteroatoms. The third-order valence-electron chi connectivity index (χ3n) is 5.25. The van der Waals surface area contributed by atoms with Gasteiger partial charge in [0, 0.05) is 12.6 Å². The van der Waals surface area contributed by atoms with Crippen LogP contribution in [-0.2, 0) is 16.6 Å². The van der Waals surface area contributed by atoms with Crippen LogP contribution in [0.4, 0.5) is 10.1 Å². The van der Waals surface area contributed by atoms with Gasteiger partial charge in [-0.25, -0.2) is 12.8 Å². The molecule has 0 atom stereocenters. The number of nitrogens with one attached hydrogen (secondary N) is 1. The van der Waals surface area contributed by atoms with Gasteiger partial charge in [-0.1, -0.05) is 37.5 Å². The van der Waals surface area contributed by atoms with Crippen molar-refractivity contribution in [2.24, 2.45) is 0 Å². The van der Waals surface area contributed by atoms with E-state index >= 15 is 0 Å². The molecule has 0 saturated heterocycles. The fourth-order valence-electron chi connectivity index (χ4n) is 3.64. The zero-order valence-electron chi connectivity index (χ0n) is 15.9. The molecule has 0 bridgehead atoms. The molecule has 0 amide bonds. The van der Waals surface area contributed by atoms with Crippen LogP contribution in [0.5, 0.6) is 0 Å². The second-order valence-electron chi connectivity index (χ2n) is 7.22. The van der Waals surface area contributed by atoms with Gasteiger partial charge in [0.25, 0.3) is 10.0 Å². The molecule has 1 N–H and O–H groups in total. The fraction of sp³-hybridized carbons (Fsp3) is 0.381. The Balaban J connectivity index is 1.81. The molecular formula is C21H24FN3O2S. The maximum atomic E-state index is 13.5. The van der Waals surface area contributed by atoms with Gasteiger partial charge in [0.2, 0.25) is 0 Å². The number of halogens is 1. The molecule has 0 spiro atoms. The Kier molecular flexibility index (Phi) is 6.32. The molecule has 0 aliphatic heterocycles. The summed E-state index contributed by atoms with van der Waals surface area (Å²) in [6, 6.07) is 12.7. The highest BCUT2D eigenvalue weighted by Gasteiger charge is 2.21. The summed E-state index contributed by atoms with van der Waals surface area (Å²) in [6.45, 7) is 0.635. The van der Waals surface area contributed by atoms with Gasteiger partial charge < -0.3 is 0 Å². The van der Waals surface area contributed by atoms with Crippen molar-refractivity contribution >= 4 is 15.7 Å². The first-order chi connectivity index (χ1) is 13.4. The molecule has 28 heavy (non-hydrogen) atoms. The van der Waals surface area contributed by atoms with Crippen LogP contribution >= 0.6 is 0 Å². The molecule has 5 nitrogen and oxygen atoms in total. The number of sulfonamides is 1. The molecule has 1 fully saturated rings. The predicted octanol–water partition coefficient (Wildman–Crippen LogP) is 4.26. The van der Waals surface area contributed by atoms with Crippen LogP contribution in [0.25, 0.3) is 0 Å². The first-order valence-electron chi connectivity index (χ1n) is 9.41. The minimum Gasteiger partial charge on any atom is -0.299 e. The standard InChI is InChI=1S/C21H24FN3O2S/c1-25(18-8-3-2-4-9-18)15-16-7-5-6-10-21(16)24-28(26,27)19-11-12-20(22)17(13-19)14-23/h5-7,10-13,18,24H,2-4,8-9,15H2,1H3. The van der Waals surface area contributed by atoms with E-state index < -0.39 is 15.8 Å². The normalized spacial score (nSPS) is 15.4. The van der Waals surface area contributed by atoms with Gasteiger partial charge in [0.05, 0.1) is 16.1 Å². The van der Waals surface area contributed by atoms with Gasteiger partial charge >= 0.3 is 0 Å². The number of hydrogen-bond acceptors (Lipinski definition) is 4. The van der Waals surface area contributed by atoms with Crippen LogP contribution in [0.2, 0.25) is 0 Å². The van der Waals surface area contributed by atoms with Gasteiger partial charge in [0.1, 0.15) is 11.9 Å². The molecule has 1 saturated carbocycles. The summed E-state index contributed by atoms with van der Waals surface area (Å²) in [5.74, 6) is -0.740. The first kappa shape index (κ1) is 20.3. The van der Waals surface area contributed by atoms with Crippen LogP contribution < -0.4 is 4.72 Å². The number of rotatable bonds is 6. The SMILES string of the molecule is CN(Cc1ccccc1NS(=O)(=O)c1ccc(F)c(C#N)c1)C1CCCCC1. The quantitative estimate of drug-likeness (QED) is 0.785. The van der Waals surface area contributed by atoms with Crippen LogP contribution in [0.1, 0.15) is 43.2 Å². The molecule has 0 unspecified atom stereocenters. The maximum Gasteiger partial charge on any atom is 0.261 e. The van der Waals surface area contributed by atoms with E-state index in [9.17, 15) is 12.8 Å². The second-order valence-corrected chi connectivity index (χ2v) is 8.91. The molecule has 0 aromatic heterocycles. The van der Waals surface area contributed by atoms with Gasteiger partial charge in [-0.3, -0.25) is 9.62 Å². The van der Waals surface area contributed by atoms with E-state index in [1.165, 1.54) is 19.3 Å². The monoisotopic (exact) mass is 401 g/mol. The summed E-state index contributed by atoms with van der Waals surface area (Å²) in [5, 5.41) is 8.95. The highest BCUT2D eigenvalue weighted by Crippen LogP contribution is 2.26. The van der Waals surface area contributed by atoms with Gasteiger partial charge in [-0.05, 0) is 49.7 Å². The summed E-state index contributed by atoms with van der Waals surface area (Å²) in [7, 11) is -1.86. The Morgan fingerprint density at radius 3 is 2.61 bits per heavy atom. The third kappa shape index (κ3) is 4.70. The number of hydrogen-bond donors (Lipinski definition) is 1. The van der Waals surface area contributed by atoms with E-state index in [2.05, 4.69) is 16.7 Å². The summed E-state index contributed by atoms with van der Waals surface area (Å²) < 4.78 is 41.7. The lowest BCUT2D eigenvalue weighted by atomic mass is 9.94. The zero-order chi connectivity index (χ0) is 20.1. The van der Waals surface area contributed by atoms with E-state index in [4.69, 9.17) is 5.26 Å². The smallest absolute Gasteiger partial charge is 0.261 e. The van der Waals surface area contributed by atoms with Crippen molar-refractivity contribution in [1.29, 1.82) is 5.26 Å². The molecule has 1 aliphatic rings. The molecule has 148 valence electrons. The lowest BCUT2D eigenvalue weighted by Gasteiger charge is -2.31. The van der Waals surface area contributed by atoms with Crippen molar-refractivity contribution in [1.82, 2.24) is 4.90 Å². The van der Waals surface area contributed by atoms with Crippen molar-refractivity contribution in [2.45, 2.75) is 49.6 Å². The summed E-state index contributed by atoms with van der Waals surface area (Å²) in [6.07, 6.45) is 6.07. The van der Waals surface area contributed by atoms with Crippen molar-refractivity contribution < 1.29 is 12.8 Å². The van der Waals surface area contributed by atoms with Gasteiger partial charge in [-0.2, -0.15) is 5.26 Å². The minimum atomic E-state index is -3.93. The third-order valence-corrected chi connectivity index (χ3v) is 6.61. The average molecular weight is 402 g/mol. The Morgan fingerprint density at radius 1 is 1.18 bits per heavy atom. The van der Waals surface area contributed by atoms with Crippen molar-refractivity contribution in [3.8, 4) is 6.07 Å². The number of anilines is 1. The zero-order valence-corrected chi connectivity index (χ0v) is 16.7. The van der Waals surface area contributed by atoms with E-state index in [0.717, 1.165) is 36.6 Å². The first-order valence-corrected chi connectivity index (χ1v) is 10.9. The molecule has 1 aliphatic carbocycles. The highest BCUT2D eigenvalue weighted by atomic mass is 32.2. The van der Waals surface area contributed by atoms with Crippen molar-refractivity contribution in [3.05, 3.63) is 59.4 Å². The summed E-state index contributed by atoms with van der Waals surface area (Å²) in [5.41, 5.74) is 1.07. The Labute approximate surface area is 165 Å². The largest absolute Gasteiger partial charge is 0.299 e. The lowest BCUT2D eigenvalue weighted by molar-refractivity contribution is 0.185. The molecule has 0 radical (unpaired) electrons. The molecule has 0 heterocycles. The number of nitriles is 1. The van der Waals surface area contributed by atoms with Crippen molar-refractivity contribution in [2.75, 3.05) is 11.8 Å². The fourth-order valence-corrected chi connectivity index (χ4v) is 4.76. The number of benzene rings is 2. The van der Waals surface area contributed by atoms with Gasteiger partial charge in [-0.15, -0.1) is 0 Å². The van der Waals surface area contributed by atoms with Gasteiger partial charge in [0.15, 0.2) is 0 Å². The van der Waals surface area contributed by atoms with E-state index in [0.29, 0.717) is 18.3 Å². The highest BCUT2D eigenvalue weighted by molar-refractivity contribution is 7.92. The average Bonchev–Trinajstić information content (AvgIpc) is 2.70. The molecule has 3 rings (SSSR count). The Bertz CT molecular complexity index is 979. The van der Waals surface area contributed by atoms with E-state index in [1.807, 2.05) is 12.1 Å². The topological polar surface area (TPSA) is 73.2 Å². The minimum absolute atomic E-state index is 0.138. The lowest BCUT2D eigenvalue weighted by Crippen LogP contribution is -2.33. The Morgan fingerprint density at radius 2 is 1.89 bits per heavy atom. The molecule has 2 aromatic carbocycles. The molecular weight excluding hydrogens is 377 g/mol. The van der Waals surface area contributed by atoms with E-state index in [1.54, 1.807) is 18.2 Å². The Hall–Kier alpha value is -2.43. The predicted molar refractivity (Wildman–Crippen MR) is 107 cm³/mol. The van der Waals surface area contributed by atoms with E-state index in [-0.39, 0.29) is 10.5 Å². The summed E-state index contributed by atoms with van der Waals surface area (Å²) in [4.78, 5) is 2.14. The summed E-state index contributed by atoms with van der Waals surface area (Å²) >= 11 is 0. The van der Waals surface area contributed by atoms with Crippen LogP contribution in [-0.4, -0.2) is 26.4 Å². The van der Waals surface area contributed by atoms with Crippen LogP contribution in [0.15, 0.2) is 47.4 Å². The van der Waals surface area contributed by atoms with Crippen LogP contribution in [0, 0.1) is 17.1 Å². The number of nitrogens with zero attached hydrogens (tertiary/aromatic N) is 2. The molecule has 2 aromatic rings. The number of para-hydroxylation sites is 1. The maximum absolute atomic E-state index is 13.5.